The molecule has 0 saturated carbocycles. The molecule has 2 N–H and O–H groups in total. The molecular formula is C17H16ClN3. The van der Waals surface area contributed by atoms with Crippen LogP contribution in [0.3, 0.4) is 0 Å². The van der Waals surface area contributed by atoms with E-state index >= 15 is 0 Å². The fourth-order valence-corrected chi connectivity index (χ4v) is 2.72. The molecule has 21 heavy (non-hydrogen) atoms. The van der Waals surface area contributed by atoms with Crippen LogP contribution in [0.1, 0.15) is 5.56 Å². The molecule has 3 rings (SSSR count). The van der Waals surface area contributed by atoms with Gasteiger partial charge in [-0.2, -0.15) is 0 Å². The summed E-state index contributed by atoms with van der Waals surface area (Å²) in [6.07, 6.45) is 1.76. The molecule has 0 bridgehead atoms. The molecule has 0 unspecified atom stereocenters. The zero-order valence-corrected chi connectivity index (χ0v) is 12.5. The Hall–Kier alpha value is -2.26. The van der Waals surface area contributed by atoms with E-state index in [0.29, 0.717) is 5.69 Å². The molecule has 0 atom stereocenters. The third kappa shape index (κ3) is 2.78. The molecule has 3 nitrogen and oxygen atoms in total. The first kappa shape index (κ1) is 13.7. The SMILES string of the molecule is CN(Cc1cccc(Cl)c1)c1ccc(N)c2ncccc12. The van der Waals surface area contributed by atoms with E-state index in [1.54, 1.807) is 6.20 Å². The molecule has 106 valence electrons. The lowest BCUT2D eigenvalue weighted by Crippen LogP contribution is -2.16. The predicted octanol–water partition coefficient (Wildman–Crippen LogP) is 4.11. The highest BCUT2D eigenvalue weighted by Gasteiger charge is 2.09. The molecule has 0 aliphatic rings. The van der Waals surface area contributed by atoms with Crippen molar-refractivity contribution in [2.75, 3.05) is 17.7 Å². The first-order valence-electron chi connectivity index (χ1n) is 6.74. The van der Waals surface area contributed by atoms with Crippen LogP contribution in [0, 0.1) is 0 Å². The highest BCUT2D eigenvalue weighted by molar-refractivity contribution is 6.30. The van der Waals surface area contributed by atoms with Crippen LogP contribution in [-0.2, 0) is 6.54 Å². The minimum atomic E-state index is 0.700. The van der Waals surface area contributed by atoms with Gasteiger partial charge in [0.1, 0.15) is 0 Å². The lowest BCUT2D eigenvalue weighted by atomic mass is 10.1. The van der Waals surface area contributed by atoms with Crippen molar-refractivity contribution in [2.24, 2.45) is 0 Å². The molecule has 0 fully saturated rings. The Morgan fingerprint density at radius 2 is 2.00 bits per heavy atom. The molecule has 3 aromatic rings. The standard InChI is InChI=1S/C17H16ClN3/c1-21(11-12-4-2-5-13(18)10-12)16-8-7-15(19)17-14(16)6-3-9-20-17/h2-10H,11,19H2,1H3. The summed E-state index contributed by atoms with van der Waals surface area (Å²) in [5.74, 6) is 0. The third-order valence-electron chi connectivity index (χ3n) is 3.50. The van der Waals surface area contributed by atoms with Crippen molar-refractivity contribution in [3.8, 4) is 0 Å². The number of rotatable bonds is 3. The van der Waals surface area contributed by atoms with E-state index in [4.69, 9.17) is 17.3 Å². The summed E-state index contributed by atoms with van der Waals surface area (Å²) in [5, 5.41) is 1.81. The van der Waals surface area contributed by atoms with Crippen LogP contribution in [0.25, 0.3) is 10.9 Å². The van der Waals surface area contributed by atoms with Crippen LogP contribution in [0.4, 0.5) is 11.4 Å². The predicted molar refractivity (Wildman–Crippen MR) is 89.7 cm³/mol. The molecule has 1 heterocycles. The number of fused-ring (bicyclic) bond motifs is 1. The fraction of sp³-hybridized carbons (Fsp3) is 0.118. The van der Waals surface area contributed by atoms with Gasteiger partial charge in [-0.05, 0) is 42.0 Å². The molecule has 0 radical (unpaired) electrons. The first-order chi connectivity index (χ1) is 10.1. The van der Waals surface area contributed by atoms with E-state index in [9.17, 15) is 0 Å². The smallest absolute Gasteiger partial charge is 0.0951 e. The average molecular weight is 298 g/mol. The summed E-state index contributed by atoms with van der Waals surface area (Å²) in [4.78, 5) is 6.55. The first-order valence-corrected chi connectivity index (χ1v) is 7.12. The number of benzene rings is 2. The van der Waals surface area contributed by atoms with Crippen LogP contribution in [0.2, 0.25) is 5.02 Å². The Kier molecular flexibility index (Phi) is 3.67. The molecule has 1 aromatic heterocycles. The van der Waals surface area contributed by atoms with Crippen molar-refractivity contribution in [3.63, 3.8) is 0 Å². The monoisotopic (exact) mass is 297 g/mol. The summed E-state index contributed by atoms with van der Waals surface area (Å²) in [6, 6.07) is 15.8. The van der Waals surface area contributed by atoms with Crippen LogP contribution < -0.4 is 10.6 Å². The van der Waals surface area contributed by atoms with Gasteiger partial charge in [-0.3, -0.25) is 4.98 Å². The maximum absolute atomic E-state index is 6.05. The summed E-state index contributed by atoms with van der Waals surface area (Å²) in [7, 11) is 2.05. The molecule has 2 aromatic carbocycles. The minimum absolute atomic E-state index is 0.700. The Labute approximate surface area is 129 Å². The summed E-state index contributed by atoms with van der Waals surface area (Å²) in [5.41, 5.74) is 9.81. The number of pyridine rings is 1. The Morgan fingerprint density at radius 1 is 1.14 bits per heavy atom. The van der Waals surface area contributed by atoms with Gasteiger partial charge in [0, 0.05) is 35.9 Å². The van der Waals surface area contributed by atoms with Gasteiger partial charge in [0.25, 0.3) is 0 Å². The second kappa shape index (κ2) is 5.62. The second-order valence-corrected chi connectivity index (χ2v) is 5.50. The second-order valence-electron chi connectivity index (χ2n) is 5.06. The van der Waals surface area contributed by atoms with Gasteiger partial charge in [0.2, 0.25) is 0 Å². The quantitative estimate of drug-likeness (QED) is 0.740. The van der Waals surface area contributed by atoms with Gasteiger partial charge >= 0.3 is 0 Å². The van der Waals surface area contributed by atoms with E-state index in [-0.39, 0.29) is 0 Å². The van der Waals surface area contributed by atoms with Crippen LogP contribution in [0.15, 0.2) is 54.7 Å². The number of halogens is 1. The minimum Gasteiger partial charge on any atom is -0.397 e. The molecule has 0 amide bonds. The van der Waals surface area contributed by atoms with Crippen molar-refractivity contribution >= 4 is 33.9 Å². The third-order valence-corrected chi connectivity index (χ3v) is 3.73. The van der Waals surface area contributed by atoms with Gasteiger partial charge in [-0.15, -0.1) is 0 Å². The zero-order chi connectivity index (χ0) is 14.8. The van der Waals surface area contributed by atoms with Crippen LogP contribution in [-0.4, -0.2) is 12.0 Å². The molecule has 0 spiro atoms. The van der Waals surface area contributed by atoms with Gasteiger partial charge in [0.15, 0.2) is 0 Å². The van der Waals surface area contributed by atoms with Crippen molar-refractivity contribution in [2.45, 2.75) is 6.54 Å². The van der Waals surface area contributed by atoms with E-state index in [2.05, 4.69) is 23.0 Å². The van der Waals surface area contributed by atoms with E-state index in [0.717, 1.165) is 28.2 Å². The van der Waals surface area contributed by atoms with Gasteiger partial charge in [-0.1, -0.05) is 23.7 Å². The molecule has 0 aliphatic heterocycles. The van der Waals surface area contributed by atoms with E-state index in [1.807, 2.05) is 42.5 Å². The summed E-state index contributed by atoms with van der Waals surface area (Å²) in [6.45, 7) is 0.772. The molecule has 0 saturated heterocycles. The molecule has 4 heteroatoms. The number of nitrogens with two attached hydrogens (primary N) is 1. The lowest BCUT2D eigenvalue weighted by molar-refractivity contribution is 0.928. The molecular weight excluding hydrogens is 282 g/mol. The summed E-state index contributed by atoms with van der Waals surface area (Å²) < 4.78 is 0. The van der Waals surface area contributed by atoms with Gasteiger partial charge < -0.3 is 10.6 Å². The van der Waals surface area contributed by atoms with E-state index in [1.165, 1.54) is 5.56 Å². The topological polar surface area (TPSA) is 42.1 Å². The number of nitrogen functional groups attached to an aromatic ring is 1. The maximum Gasteiger partial charge on any atom is 0.0951 e. The van der Waals surface area contributed by atoms with Crippen molar-refractivity contribution in [3.05, 3.63) is 65.3 Å². The molecule has 0 aliphatic carbocycles. The van der Waals surface area contributed by atoms with Gasteiger partial charge in [0.05, 0.1) is 11.2 Å². The Bertz CT molecular complexity index is 786. The normalized spacial score (nSPS) is 10.8. The van der Waals surface area contributed by atoms with Crippen LogP contribution >= 0.6 is 11.6 Å². The highest BCUT2D eigenvalue weighted by atomic mass is 35.5. The largest absolute Gasteiger partial charge is 0.397 e. The van der Waals surface area contributed by atoms with Crippen molar-refractivity contribution in [1.29, 1.82) is 0 Å². The number of hydrogen-bond acceptors (Lipinski definition) is 3. The number of aromatic nitrogens is 1. The van der Waals surface area contributed by atoms with Crippen molar-refractivity contribution < 1.29 is 0 Å². The maximum atomic E-state index is 6.05. The fourth-order valence-electron chi connectivity index (χ4n) is 2.51. The summed E-state index contributed by atoms with van der Waals surface area (Å²) >= 11 is 6.05. The van der Waals surface area contributed by atoms with Crippen LogP contribution in [0.5, 0.6) is 0 Å². The number of nitrogens with zero attached hydrogens (tertiary/aromatic N) is 2. The van der Waals surface area contributed by atoms with Crippen molar-refractivity contribution in [1.82, 2.24) is 4.98 Å². The van der Waals surface area contributed by atoms with E-state index < -0.39 is 0 Å². The zero-order valence-electron chi connectivity index (χ0n) is 11.8. The highest BCUT2D eigenvalue weighted by Crippen LogP contribution is 2.29. The average Bonchev–Trinajstić information content (AvgIpc) is 2.48. The Balaban J connectivity index is 1.98. The van der Waals surface area contributed by atoms with Gasteiger partial charge in [-0.25, -0.2) is 0 Å². The Morgan fingerprint density at radius 3 is 2.81 bits per heavy atom. The number of anilines is 2. The number of hydrogen-bond donors (Lipinski definition) is 1. The lowest BCUT2D eigenvalue weighted by Gasteiger charge is -2.21.